The first-order chi connectivity index (χ1) is 8.25. The molecule has 0 aliphatic carbocycles. The van der Waals surface area contributed by atoms with Gasteiger partial charge in [-0.05, 0) is 43.5 Å². The quantitative estimate of drug-likeness (QED) is 0.794. The molecular weight excluding hydrogens is 280 g/mol. The Kier molecular flexibility index (Phi) is 2.67. The lowest BCUT2D eigenvalue weighted by atomic mass is 10.1. The van der Waals surface area contributed by atoms with Gasteiger partial charge in [0.25, 0.3) is 0 Å². The van der Waals surface area contributed by atoms with E-state index in [1.54, 1.807) is 4.57 Å². The summed E-state index contributed by atoms with van der Waals surface area (Å²) in [6, 6.07) is 7.83. The van der Waals surface area contributed by atoms with Gasteiger partial charge in [0.15, 0.2) is 0 Å². The molecule has 3 rings (SSSR count). The lowest BCUT2D eigenvalue weighted by Gasteiger charge is -2.11. The minimum Gasteiger partial charge on any atom is -0.296 e. The van der Waals surface area contributed by atoms with E-state index < -0.39 is 0 Å². The Morgan fingerprint density at radius 2 is 1.88 bits per heavy atom. The van der Waals surface area contributed by atoms with Gasteiger partial charge in [-0.25, -0.2) is 4.79 Å². The Morgan fingerprint density at radius 1 is 1.12 bits per heavy atom. The van der Waals surface area contributed by atoms with Crippen molar-refractivity contribution >= 4 is 15.9 Å². The molecule has 0 spiro atoms. The van der Waals surface area contributed by atoms with Crippen molar-refractivity contribution in [3.05, 3.63) is 51.1 Å². The van der Waals surface area contributed by atoms with E-state index >= 15 is 0 Å². The maximum atomic E-state index is 12.2. The normalized spacial score (nSPS) is 14.6. The van der Waals surface area contributed by atoms with E-state index in [0.717, 1.165) is 35.2 Å². The van der Waals surface area contributed by atoms with Crippen LogP contribution in [-0.2, 0) is 13.0 Å². The van der Waals surface area contributed by atoms with Crippen LogP contribution >= 0.6 is 15.9 Å². The number of aromatic nitrogens is 2. The van der Waals surface area contributed by atoms with Crippen LogP contribution in [0, 0.1) is 0 Å². The molecule has 1 aromatic carbocycles. The molecule has 2 aromatic rings. The minimum absolute atomic E-state index is 0.0852. The van der Waals surface area contributed by atoms with Crippen LogP contribution < -0.4 is 5.69 Å². The first kappa shape index (κ1) is 10.8. The number of benzene rings is 1. The number of hydrogen-bond acceptors (Lipinski definition) is 1. The SMILES string of the molecule is O=c1n(-c2ccc(Br)cc2)cc2n1CCCC2. The van der Waals surface area contributed by atoms with Gasteiger partial charge >= 0.3 is 5.69 Å². The van der Waals surface area contributed by atoms with Crippen LogP contribution in [0.1, 0.15) is 18.5 Å². The summed E-state index contributed by atoms with van der Waals surface area (Å²) in [7, 11) is 0. The topological polar surface area (TPSA) is 26.9 Å². The van der Waals surface area contributed by atoms with Gasteiger partial charge in [-0.3, -0.25) is 9.13 Å². The third kappa shape index (κ3) is 1.86. The molecule has 0 amide bonds. The highest BCUT2D eigenvalue weighted by atomic mass is 79.9. The maximum Gasteiger partial charge on any atom is 0.332 e. The zero-order valence-corrected chi connectivity index (χ0v) is 11.0. The summed E-state index contributed by atoms with van der Waals surface area (Å²) in [5.74, 6) is 0. The van der Waals surface area contributed by atoms with Crippen molar-refractivity contribution in [2.45, 2.75) is 25.8 Å². The molecule has 0 saturated heterocycles. The van der Waals surface area contributed by atoms with E-state index in [1.807, 2.05) is 35.0 Å². The molecule has 4 heteroatoms. The number of rotatable bonds is 1. The average Bonchev–Trinajstić information content (AvgIpc) is 2.69. The van der Waals surface area contributed by atoms with Crippen LogP contribution in [0.4, 0.5) is 0 Å². The van der Waals surface area contributed by atoms with Crippen molar-refractivity contribution in [2.75, 3.05) is 0 Å². The minimum atomic E-state index is 0.0852. The second-order valence-electron chi connectivity index (χ2n) is 4.36. The maximum absolute atomic E-state index is 12.2. The van der Waals surface area contributed by atoms with E-state index in [-0.39, 0.29) is 5.69 Å². The third-order valence-corrected chi connectivity index (χ3v) is 3.76. The fraction of sp³-hybridized carbons (Fsp3) is 0.308. The van der Waals surface area contributed by atoms with Crippen LogP contribution in [0.5, 0.6) is 0 Å². The Hall–Kier alpha value is -1.29. The molecule has 0 bridgehead atoms. The van der Waals surface area contributed by atoms with Crippen LogP contribution in [0.2, 0.25) is 0 Å². The highest BCUT2D eigenvalue weighted by Gasteiger charge is 2.15. The third-order valence-electron chi connectivity index (χ3n) is 3.23. The largest absolute Gasteiger partial charge is 0.332 e. The van der Waals surface area contributed by atoms with Crippen LogP contribution in [0.3, 0.4) is 0 Å². The van der Waals surface area contributed by atoms with Crippen LogP contribution in [-0.4, -0.2) is 9.13 Å². The van der Waals surface area contributed by atoms with Gasteiger partial charge in [0.1, 0.15) is 0 Å². The first-order valence-electron chi connectivity index (χ1n) is 5.83. The van der Waals surface area contributed by atoms with Crippen molar-refractivity contribution in [1.82, 2.24) is 9.13 Å². The summed E-state index contributed by atoms with van der Waals surface area (Å²) < 4.78 is 4.66. The molecule has 0 radical (unpaired) electrons. The van der Waals surface area contributed by atoms with Crippen molar-refractivity contribution in [3.8, 4) is 5.69 Å². The molecule has 1 aliphatic heterocycles. The van der Waals surface area contributed by atoms with Crippen molar-refractivity contribution in [1.29, 1.82) is 0 Å². The number of fused-ring (bicyclic) bond motifs is 1. The lowest BCUT2D eigenvalue weighted by Crippen LogP contribution is -2.25. The molecule has 0 fully saturated rings. The fourth-order valence-electron chi connectivity index (χ4n) is 2.33. The van der Waals surface area contributed by atoms with E-state index in [1.165, 1.54) is 6.42 Å². The van der Waals surface area contributed by atoms with E-state index in [0.29, 0.717) is 0 Å². The Bertz CT molecular complexity index is 595. The van der Waals surface area contributed by atoms with Crippen molar-refractivity contribution < 1.29 is 0 Å². The summed E-state index contributed by atoms with van der Waals surface area (Å²) in [6.45, 7) is 0.859. The Balaban J connectivity index is 2.12. The first-order valence-corrected chi connectivity index (χ1v) is 6.62. The molecule has 3 nitrogen and oxygen atoms in total. The molecule has 1 aliphatic rings. The molecule has 0 saturated carbocycles. The second kappa shape index (κ2) is 4.18. The lowest BCUT2D eigenvalue weighted by molar-refractivity contribution is 0.518. The number of nitrogens with zero attached hydrogens (tertiary/aromatic N) is 2. The summed E-state index contributed by atoms with van der Waals surface area (Å²) in [4.78, 5) is 12.2. The molecule has 88 valence electrons. The zero-order chi connectivity index (χ0) is 11.8. The number of hydrogen-bond donors (Lipinski definition) is 0. The van der Waals surface area contributed by atoms with Gasteiger partial charge in [-0.1, -0.05) is 15.9 Å². The fourth-order valence-corrected chi connectivity index (χ4v) is 2.59. The molecule has 0 unspecified atom stereocenters. The monoisotopic (exact) mass is 292 g/mol. The zero-order valence-electron chi connectivity index (χ0n) is 9.40. The summed E-state index contributed by atoms with van der Waals surface area (Å²) in [5, 5.41) is 0. The molecule has 1 aromatic heterocycles. The van der Waals surface area contributed by atoms with E-state index in [2.05, 4.69) is 15.9 Å². The second-order valence-corrected chi connectivity index (χ2v) is 5.27. The van der Waals surface area contributed by atoms with Gasteiger partial charge in [0.05, 0.1) is 5.69 Å². The summed E-state index contributed by atoms with van der Waals surface area (Å²) >= 11 is 3.40. The smallest absolute Gasteiger partial charge is 0.296 e. The van der Waals surface area contributed by atoms with Crippen molar-refractivity contribution in [2.24, 2.45) is 0 Å². The predicted molar refractivity (Wildman–Crippen MR) is 70.7 cm³/mol. The molecular formula is C13H13BrN2O. The van der Waals surface area contributed by atoms with E-state index in [9.17, 15) is 4.79 Å². The van der Waals surface area contributed by atoms with Crippen LogP contribution in [0.25, 0.3) is 5.69 Å². The standard InChI is InChI=1S/C13H13BrN2O/c14-10-4-6-11(7-5-10)16-9-12-3-1-2-8-15(12)13(16)17/h4-7,9H,1-3,8H2. The summed E-state index contributed by atoms with van der Waals surface area (Å²) in [6.07, 6.45) is 5.28. The van der Waals surface area contributed by atoms with E-state index in [4.69, 9.17) is 0 Å². The molecule has 17 heavy (non-hydrogen) atoms. The van der Waals surface area contributed by atoms with Gasteiger partial charge < -0.3 is 0 Å². The molecule has 0 atom stereocenters. The highest BCUT2D eigenvalue weighted by Crippen LogP contribution is 2.16. The average molecular weight is 293 g/mol. The highest BCUT2D eigenvalue weighted by molar-refractivity contribution is 9.10. The number of aryl methyl sites for hydroxylation is 1. The Morgan fingerprint density at radius 3 is 2.59 bits per heavy atom. The molecule has 2 heterocycles. The Labute approximate surface area is 108 Å². The van der Waals surface area contributed by atoms with Gasteiger partial charge in [0, 0.05) is 22.9 Å². The van der Waals surface area contributed by atoms with Crippen LogP contribution in [0.15, 0.2) is 39.7 Å². The van der Waals surface area contributed by atoms with Crippen molar-refractivity contribution in [3.63, 3.8) is 0 Å². The predicted octanol–water partition coefficient (Wildman–Crippen LogP) is 2.74. The van der Waals surface area contributed by atoms with Gasteiger partial charge in [0.2, 0.25) is 0 Å². The van der Waals surface area contributed by atoms with Gasteiger partial charge in [-0.15, -0.1) is 0 Å². The van der Waals surface area contributed by atoms with Gasteiger partial charge in [-0.2, -0.15) is 0 Å². The summed E-state index contributed by atoms with van der Waals surface area (Å²) in [5.41, 5.74) is 2.17. The molecule has 0 N–H and O–H groups in total. The number of halogens is 1. The number of imidazole rings is 1.